The zero-order valence-corrected chi connectivity index (χ0v) is 9.67. The van der Waals surface area contributed by atoms with Gasteiger partial charge in [0.25, 0.3) is 5.78 Å². The predicted molar refractivity (Wildman–Crippen MR) is 68.4 cm³/mol. The van der Waals surface area contributed by atoms with Crippen LogP contribution in [0.4, 0.5) is 5.69 Å². The molecule has 3 aromatic rings. The molecule has 5 heteroatoms. The molecule has 0 amide bonds. The normalized spacial score (nSPS) is 13.6. The highest BCUT2D eigenvalue weighted by molar-refractivity contribution is 5.66. The SMILES string of the molecule is c1cnc2nnc(-c3ccc4c(c3)CCN4)n2c1. The van der Waals surface area contributed by atoms with Gasteiger partial charge in [-0.3, -0.25) is 4.40 Å². The molecule has 0 aliphatic carbocycles. The van der Waals surface area contributed by atoms with Crippen molar-refractivity contribution in [3.8, 4) is 11.4 Å². The maximum absolute atomic E-state index is 4.22. The van der Waals surface area contributed by atoms with Crippen LogP contribution in [0.15, 0.2) is 36.7 Å². The molecule has 0 bridgehead atoms. The van der Waals surface area contributed by atoms with Gasteiger partial charge in [-0.25, -0.2) is 4.98 Å². The van der Waals surface area contributed by atoms with Crippen molar-refractivity contribution in [2.75, 3.05) is 11.9 Å². The molecule has 0 atom stereocenters. The van der Waals surface area contributed by atoms with Gasteiger partial charge in [-0.15, -0.1) is 10.2 Å². The third-order valence-electron chi connectivity index (χ3n) is 3.26. The van der Waals surface area contributed by atoms with Gasteiger partial charge in [0.05, 0.1) is 0 Å². The number of rotatable bonds is 1. The monoisotopic (exact) mass is 237 g/mol. The molecule has 0 unspecified atom stereocenters. The van der Waals surface area contributed by atoms with Crippen LogP contribution in [0, 0.1) is 0 Å². The Kier molecular flexibility index (Phi) is 1.88. The highest BCUT2D eigenvalue weighted by Gasteiger charge is 2.13. The Morgan fingerprint density at radius 1 is 1.22 bits per heavy atom. The highest BCUT2D eigenvalue weighted by atomic mass is 15.3. The van der Waals surface area contributed by atoms with Gasteiger partial charge in [0.2, 0.25) is 0 Å². The molecule has 88 valence electrons. The maximum atomic E-state index is 4.22. The Hall–Kier alpha value is -2.43. The Labute approximate surface area is 104 Å². The van der Waals surface area contributed by atoms with Crippen LogP contribution < -0.4 is 5.32 Å². The summed E-state index contributed by atoms with van der Waals surface area (Å²) in [4.78, 5) is 4.18. The molecule has 1 aromatic carbocycles. The molecule has 18 heavy (non-hydrogen) atoms. The first-order valence-electron chi connectivity index (χ1n) is 5.95. The predicted octanol–water partition coefficient (Wildman–Crippen LogP) is 1.76. The first-order valence-corrected chi connectivity index (χ1v) is 5.95. The van der Waals surface area contributed by atoms with Gasteiger partial charge >= 0.3 is 0 Å². The summed E-state index contributed by atoms with van der Waals surface area (Å²) >= 11 is 0. The number of anilines is 1. The average molecular weight is 237 g/mol. The molecule has 4 rings (SSSR count). The Morgan fingerprint density at radius 3 is 3.22 bits per heavy atom. The van der Waals surface area contributed by atoms with Crippen molar-refractivity contribution < 1.29 is 0 Å². The number of hydrogen-bond donors (Lipinski definition) is 1. The van der Waals surface area contributed by atoms with Gasteiger partial charge < -0.3 is 5.32 Å². The smallest absolute Gasteiger partial charge is 0.255 e. The lowest BCUT2D eigenvalue weighted by Gasteiger charge is -2.03. The maximum Gasteiger partial charge on any atom is 0.255 e. The summed E-state index contributed by atoms with van der Waals surface area (Å²) in [6, 6.07) is 8.24. The fourth-order valence-corrected chi connectivity index (χ4v) is 2.38. The summed E-state index contributed by atoms with van der Waals surface area (Å²) in [6.07, 6.45) is 4.72. The van der Waals surface area contributed by atoms with Crippen molar-refractivity contribution >= 4 is 11.5 Å². The molecule has 0 saturated carbocycles. The lowest BCUT2D eigenvalue weighted by atomic mass is 10.1. The van der Waals surface area contributed by atoms with E-state index in [0.717, 1.165) is 24.4 Å². The van der Waals surface area contributed by atoms with Gasteiger partial charge in [0.1, 0.15) is 0 Å². The topological polar surface area (TPSA) is 55.1 Å². The molecule has 0 fully saturated rings. The van der Waals surface area contributed by atoms with E-state index in [9.17, 15) is 0 Å². The molecule has 0 spiro atoms. The van der Waals surface area contributed by atoms with Crippen molar-refractivity contribution in [2.24, 2.45) is 0 Å². The van der Waals surface area contributed by atoms with E-state index >= 15 is 0 Å². The molecule has 3 heterocycles. The van der Waals surface area contributed by atoms with Crippen molar-refractivity contribution in [3.05, 3.63) is 42.2 Å². The summed E-state index contributed by atoms with van der Waals surface area (Å²) in [7, 11) is 0. The van der Waals surface area contributed by atoms with Gasteiger partial charge in [-0.2, -0.15) is 0 Å². The summed E-state index contributed by atoms with van der Waals surface area (Å²) in [6.45, 7) is 1.01. The van der Waals surface area contributed by atoms with Crippen LogP contribution in [0.1, 0.15) is 5.56 Å². The molecule has 1 aliphatic heterocycles. The second kappa shape index (κ2) is 3.53. The van der Waals surface area contributed by atoms with Crippen LogP contribution in [-0.2, 0) is 6.42 Å². The largest absolute Gasteiger partial charge is 0.384 e. The minimum absolute atomic E-state index is 0.631. The average Bonchev–Trinajstić information content (AvgIpc) is 3.04. The fourth-order valence-electron chi connectivity index (χ4n) is 2.38. The van der Waals surface area contributed by atoms with E-state index in [-0.39, 0.29) is 0 Å². The van der Waals surface area contributed by atoms with Crippen LogP contribution >= 0.6 is 0 Å². The van der Waals surface area contributed by atoms with Crippen LogP contribution in [-0.4, -0.2) is 26.1 Å². The molecule has 2 aromatic heterocycles. The number of aromatic nitrogens is 4. The summed E-state index contributed by atoms with van der Waals surface area (Å²) in [5, 5.41) is 11.7. The zero-order valence-electron chi connectivity index (χ0n) is 9.67. The van der Waals surface area contributed by atoms with Crippen molar-refractivity contribution in [1.82, 2.24) is 19.6 Å². The van der Waals surface area contributed by atoms with Crippen LogP contribution in [0.5, 0.6) is 0 Å². The van der Waals surface area contributed by atoms with Crippen LogP contribution in [0.3, 0.4) is 0 Å². The molecule has 1 aliphatic rings. The van der Waals surface area contributed by atoms with Gasteiger partial charge in [-0.1, -0.05) is 0 Å². The standard InChI is InChI=1S/C13H11N5/c1-5-15-13-17-16-12(18(13)7-1)10-2-3-11-9(8-10)4-6-14-11/h1-3,5,7-8,14H,4,6H2. The van der Waals surface area contributed by atoms with Gasteiger partial charge in [-0.05, 0) is 36.2 Å². The van der Waals surface area contributed by atoms with E-state index in [1.54, 1.807) is 6.20 Å². The summed E-state index contributed by atoms with van der Waals surface area (Å²) in [5.41, 5.74) is 3.65. The van der Waals surface area contributed by atoms with E-state index in [1.165, 1.54) is 11.3 Å². The number of benzene rings is 1. The number of fused-ring (bicyclic) bond motifs is 2. The molecule has 5 nitrogen and oxygen atoms in total. The van der Waals surface area contributed by atoms with E-state index < -0.39 is 0 Å². The molecule has 0 saturated heterocycles. The third kappa shape index (κ3) is 1.30. The van der Waals surface area contributed by atoms with E-state index in [2.05, 4.69) is 38.7 Å². The van der Waals surface area contributed by atoms with Gasteiger partial charge in [0, 0.05) is 30.2 Å². The van der Waals surface area contributed by atoms with E-state index in [4.69, 9.17) is 0 Å². The number of nitrogens with zero attached hydrogens (tertiary/aromatic N) is 4. The van der Waals surface area contributed by atoms with Crippen molar-refractivity contribution in [1.29, 1.82) is 0 Å². The molecule has 1 N–H and O–H groups in total. The quantitative estimate of drug-likeness (QED) is 0.700. The van der Waals surface area contributed by atoms with Crippen molar-refractivity contribution in [3.63, 3.8) is 0 Å². The first-order chi connectivity index (χ1) is 8.92. The number of hydrogen-bond acceptors (Lipinski definition) is 4. The lowest BCUT2D eigenvalue weighted by Crippen LogP contribution is -1.91. The van der Waals surface area contributed by atoms with Crippen LogP contribution in [0.25, 0.3) is 17.2 Å². The van der Waals surface area contributed by atoms with Crippen molar-refractivity contribution in [2.45, 2.75) is 6.42 Å². The summed E-state index contributed by atoms with van der Waals surface area (Å²) < 4.78 is 1.91. The molecular formula is C13H11N5. The van der Waals surface area contributed by atoms with Gasteiger partial charge in [0.15, 0.2) is 5.82 Å². The minimum atomic E-state index is 0.631. The third-order valence-corrected chi connectivity index (χ3v) is 3.26. The summed E-state index contributed by atoms with van der Waals surface area (Å²) in [5.74, 6) is 1.47. The second-order valence-electron chi connectivity index (χ2n) is 4.36. The molecule has 0 radical (unpaired) electrons. The van der Waals surface area contributed by atoms with Crippen LogP contribution in [0.2, 0.25) is 0 Å². The van der Waals surface area contributed by atoms with E-state index in [0.29, 0.717) is 5.78 Å². The minimum Gasteiger partial charge on any atom is -0.384 e. The van der Waals surface area contributed by atoms with E-state index in [1.807, 2.05) is 16.7 Å². The second-order valence-corrected chi connectivity index (χ2v) is 4.36. The first kappa shape index (κ1) is 9.58. The lowest BCUT2D eigenvalue weighted by molar-refractivity contribution is 1.09. The zero-order chi connectivity index (χ0) is 11.9. The molecular weight excluding hydrogens is 226 g/mol. The highest BCUT2D eigenvalue weighted by Crippen LogP contribution is 2.27. The Bertz CT molecular complexity index is 731. The Morgan fingerprint density at radius 2 is 2.22 bits per heavy atom. The fraction of sp³-hybridized carbons (Fsp3) is 0.154. The number of nitrogens with one attached hydrogen (secondary N) is 1. The Balaban J connectivity index is 1.92.